The molecule has 0 saturated carbocycles. The average Bonchev–Trinajstić information content (AvgIpc) is 3.11. The van der Waals surface area contributed by atoms with E-state index in [4.69, 9.17) is 9.47 Å². The molecular formula is C19H21NO3. The fraction of sp³-hybridized carbons (Fsp3) is 0.316. The molecule has 1 heterocycles. The Hall–Kier alpha value is -2.49. The number of likely N-dealkylation sites (tertiary alicyclic amines) is 1. The van der Waals surface area contributed by atoms with E-state index in [2.05, 4.69) is 0 Å². The van der Waals surface area contributed by atoms with E-state index in [1.807, 2.05) is 47.4 Å². The smallest absolute Gasteiger partial charge is 0.254 e. The number of amides is 1. The van der Waals surface area contributed by atoms with Gasteiger partial charge in [0.1, 0.15) is 11.5 Å². The van der Waals surface area contributed by atoms with Gasteiger partial charge in [0, 0.05) is 12.1 Å². The lowest BCUT2D eigenvalue weighted by molar-refractivity contribution is 0.0735. The second-order valence-electron chi connectivity index (χ2n) is 5.66. The van der Waals surface area contributed by atoms with Crippen LogP contribution in [-0.2, 0) is 0 Å². The Kier molecular flexibility index (Phi) is 4.51. The molecular weight excluding hydrogens is 290 g/mol. The summed E-state index contributed by atoms with van der Waals surface area (Å²) < 4.78 is 10.4. The van der Waals surface area contributed by atoms with E-state index in [-0.39, 0.29) is 11.9 Å². The third-order valence-electron chi connectivity index (χ3n) is 4.33. The summed E-state index contributed by atoms with van der Waals surface area (Å²) in [6.07, 6.45) is 2.01. The maximum Gasteiger partial charge on any atom is 0.254 e. The number of carbonyl (C=O) groups excluding carboxylic acids is 1. The number of hydrogen-bond acceptors (Lipinski definition) is 3. The summed E-state index contributed by atoms with van der Waals surface area (Å²) in [5, 5.41) is 0. The third kappa shape index (κ3) is 3.16. The van der Waals surface area contributed by atoms with E-state index in [0.717, 1.165) is 30.7 Å². The number of hydrogen-bond donors (Lipinski definition) is 0. The highest BCUT2D eigenvalue weighted by atomic mass is 16.5. The summed E-state index contributed by atoms with van der Waals surface area (Å²) in [5.41, 5.74) is 1.82. The molecule has 1 saturated heterocycles. The van der Waals surface area contributed by atoms with Gasteiger partial charge in [-0.25, -0.2) is 0 Å². The molecule has 1 aliphatic rings. The van der Waals surface area contributed by atoms with Crippen molar-refractivity contribution in [3.8, 4) is 11.5 Å². The topological polar surface area (TPSA) is 38.8 Å². The van der Waals surface area contributed by atoms with Crippen LogP contribution in [0.5, 0.6) is 11.5 Å². The number of methoxy groups -OCH3 is 2. The quantitative estimate of drug-likeness (QED) is 0.864. The van der Waals surface area contributed by atoms with E-state index in [1.54, 1.807) is 20.3 Å². The molecule has 120 valence electrons. The zero-order valence-electron chi connectivity index (χ0n) is 13.5. The van der Waals surface area contributed by atoms with E-state index in [0.29, 0.717) is 11.3 Å². The Morgan fingerprint density at radius 2 is 1.78 bits per heavy atom. The van der Waals surface area contributed by atoms with Gasteiger partial charge >= 0.3 is 0 Å². The minimum atomic E-state index is 0.0576. The lowest BCUT2D eigenvalue weighted by Crippen LogP contribution is -2.30. The summed E-state index contributed by atoms with van der Waals surface area (Å²) in [6, 6.07) is 15.4. The zero-order chi connectivity index (χ0) is 16.2. The molecule has 1 fully saturated rings. The highest BCUT2D eigenvalue weighted by Gasteiger charge is 2.30. The van der Waals surface area contributed by atoms with Crippen LogP contribution in [0.4, 0.5) is 0 Å². The van der Waals surface area contributed by atoms with Crippen molar-refractivity contribution in [2.24, 2.45) is 0 Å². The monoisotopic (exact) mass is 311 g/mol. The van der Waals surface area contributed by atoms with Crippen molar-refractivity contribution in [2.75, 3.05) is 20.8 Å². The highest BCUT2D eigenvalue weighted by Crippen LogP contribution is 2.34. The summed E-state index contributed by atoms with van der Waals surface area (Å²) in [4.78, 5) is 14.8. The van der Waals surface area contributed by atoms with Crippen LogP contribution in [-0.4, -0.2) is 31.6 Å². The van der Waals surface area contributed by atoms with Crippen molar-refractivity contribution >= 4 is 5.91 Å². The first-order chi connectivity index (χ1) is 11.2. The predicted molar refractivity (Wildman–Crippen MR) is 89.0 cm³/mol. The van der Waals surface area contributed by atoms with Crippen molar-refractivity contribution in [1.82, 2.24) is 4.90 Å². The first kappa shape index (κ1) is 15.4. The molecule has 2 aromatic rings. The molecule has 2 aromatic carbocycles. The van der Waals surface area contributed by atoms with Gasteiger partial charge < -0.3 is 14.4 Å². The largest absolute Gasteiger partial charge is 0.497 e. The number of benzene rings is 2. The van der Waals surface area contributed by atoms with Crippen LogP contribution < -0.4 is 9.47 Å². The molecule has 0 N–H and O–H groups in total. The molecule has 1 atom stereocenters. The molecule has 0 aromatic heterocycles. The van der Waals surface area contributed by atoms with Crippen LogP contribution in [0.3, 0.4) is 0 Å². The van der Waals surface area contributed by atoms with Crippen molar-refractivity contribution in [3.05, 3.63) is 59.7 Å². The Balaban J connectivity index is 1.83. The van der Waals surface area contributed by atoms with Gasteiger partial charge in [0.05, 0.1) is 20.3 Å². The first-order valence-electron chi connectivity index (χ1n) is 7.82. The van der Waals surface area contributed by atoms with Gasteiger partial charge in [-0.05, 0) is 48.7 Å². The SMILES string of the molecule is COc1ccc(C2CCCN2C(=O)c2cccc(OC)c2)cc1. The average molecular weight is 311 g/mol. The van der Waals surface area contributed by atoms with Crippen molar-refractivity contribution in [2.45, 2.75) is 18.9 Å². The summed E-state index contributed by atoms with van der Waals surface area (Å²) in [6.45, 7) is 0.784. The summed E-state index contributed by atoms with van der Waals surface area (Å²) >= 11 is 0. The number of rotatable bonds is 4. The molecule has 4 heteroatoms. The molecule has 0 radical (unpaired) electrons. The number of nitrogens with zero attached hydrogens (tertiary/aromatic N) is 1. The minimum Gasteiger partial charge on any atom is -0.497 e. The summed E-state index contributed by atoms with van der Waals surface area (Å²) in [5.74, 6) is 1.59. The lowest BCUT2D eigenvalue weighted by atomic mass is 10.0. The van der Waals surface area contributed by atoms with Crippen LogP contribution in [0.2, 0.25) is 0 Å². The zero-order valence-corrected chi connectivity index (χ0v) is 13.5. The van der Waals surface area contributed by atoms with Gasteiger partial charge in [0.15, 0.2) is 0 Å². The number of ether oxygens (including phenoxy) is 2. The molecule has 1 unspecified atom stereocenters. The van der Waals surface area contributed by atoms with E-state index >= 15 is 0 Å². The Bertz CT molecular complexity index is 681. The molecule has 1 amide bonds. The molecule has 4 nitrogen and oxygen atoms in total. The van der Waals surface area contributed by atoms with Crippen LogP contribution in [0.1, 0.15) is 34.8 Å². The Morgan fingerprint density at radius 1 is 1.04 bits per heavy atom. The normalized spacial score (nSPS) is 17.1. The highest BCUT2D eigenvalue weighted by molar-refractivity contribution is 5.95. The molecule has 3 rings (SSSR count). The maximum absolute atomic E-state index is 12.9. The first-order valence-corrected chi connectivity index (χ1v) is 7.82. The second-order valence-corrected chi connectivity index (χ2v) is 5.66. The molecule has 0 aliphatic carbocycles. The van der Waals surface area contributed by atoms with Crippen molar-refractivity contribution < 1.29 is 14.3 Å². The van der Waals surface area contributed by atoms with Crippen molar-refractivity contribution in [1.29, 1.82) is 0 Å². The van der Waals surface area contributed by atoms with Gasteiger partial charge in [0.25, 0.3) is 5.91 Å². The van der Waals surface area contributed by atoms with Crippen molar-refractivity contribution in [3.63, 3.8) is 0 Å². The van der Waals surface area contributed by atoms with Crippen LogP contribution in [0.25, 0.3) is 0 Å². The maximum atomic E-state index is 12.9. The Morgan fingerprint density at radius 3 is 2.48 bits per heavy atom. The Labute approximate surface area is 136 Å². The van der Waals surface area contributed by atoms with Crippen LogP contribution >= 0.6 is 0 Å². The summed E-state index contributed by atoms with van der Waals surface area (Å²) in [7, 11) is 3.27. The molecule has 0 bridgehead atoms. The van der Waals surface area contributed by atoms with Crippen LogP contribution in [0.15, 0.2) is 48.5 Å². The van der Waals surface area contributed by atoms with E-state index in [1.165, 1.54) is 0 Å². The van der Waals surface area contributed by atoms with Gasteiger partial charge in [0.2, 0.25) is 0 Å². The van der Waals surface area contributed by atoms with Gasteiger partial charge in [-0.2, -0.15) is 0 Å². The molecule has 23 heavy (non-hydrogen) atoms. The predicted octanol–water partition coefficient (Wildman–Crippen LogP) is 3.68. The second kappa shape index (κ2) is 6.73. The van der Waals surface area contributed by atoms with Gasteiger partial charge in [-0.15, -0.1) is 0 Å². The fourth-order valence-electron chi connectivity index (χ4n) is 3.10. The van der Waals surface area contributed by atoms with E-state index < -0.39 is 0 Å². The van der Waals surface area contributed by atoms with Gasteiger partial charge in [-0.1, -0.05) is 18.2 Å². The molecule has 1 aliphatic heterocycles. The minimum absolute atomic E-state index is 0.0576. The standard InChI is InChI=1S/C19H21NO3/c1-22-16-10-8-14(9-11-16)18-7-4-12-20(18)19(21)15-5-3-6-17(13-15)23-2/h3,5-6,8-11,13,18H,4,7,12H2,1-2H3. The number of carbonyl (C=O) groups is 1. The molecule has 0 spiro atoms. The lowest BCUT2D eigenvalue weighted by Gasteiger charge is -2.25. The van der Waals surface area contributed by atoms with Gasteiger partial charge in [-0.3, -0.25) is 4.79 Å². The van der Waals surface area contributed by atoms with Crippen LogP contribution in [0, 0.1) is 0 Å². The van der Waals surface area contributed by atoms with E-state index in [9.17, 15) is 4.79 Å². The fourth-order valence-corrected chi connectivity index (χ4v) is 3.10. The third-order valence-corrected chi connectivity index (χ3v) is 4.33.